The predicted molar refractivity (Wildman–Crippen MR) is 87.1 cm³/mol. The van der Waals surface area contributed by atoms with Gasteiger partial charge in [-0.2, -0.15) is 0 Å². The van der Waals surface area contributed by atoms with Crippen molar-refractivity contribution in [3.63, 3.8) is 0 Å². The van der Waals surface area contributed by atoms with Crippen molar-refractivity contribution < 1.29 is 14.4 Å². The number of imide groups is 1. The summed E-state index contributed by atoms with van der Waals surface area (Å²) in [4.78, 5) is 39.9. The van der Waals surface area contributed by atoms with Gasteiger partial charge in [-0.05, 0) is 31.9 Å². The van der Waals surface area contributed by atoms with E-state index < -0.39 is 6.17 Å². The third-order valence-electron chi connectivity index (χ3n) is 3.82. The molecular weight excluding hydrogens is 294 g/mol. The van der Waals surface area contributed by atoms with Gasteiger partial charge in [0.1, 0.15) is 6.17 Å². The Kier molecular flexibility index (Phi) is 5.36. The summed E-state index contributed by atoms with van der Waals surface area (Å²) >= 11 is 0. The highest BCUT2D eigenvalue weighted by atomic mass is 16.2. The summed E-state index contributed by atoms with van der Waals surface area (Å²) < 4.78 is 0. The molecule has 0 bridgehead atoms. The van der Waals surface area contributed by atoms with Crippen LogP contribution in [0.15, 0.2) is 24.3 Å². The van der Waals surface area contributed by atoms with Crippen LogP contribution in [-0.2, 0) is 0 Å². The zero-order valence-electron chi connectivity index (χ0n) is 13.8. The number of nitrogens with one attached hydrogen (secondary N) is 1. The lowest BCUT2D eigenvalue weighted by molar-refractivity contribution is 0.0574. The monoisotopic (exact) mass is 317 g/mol. The lowest BCUT2D eigenvalue weighted by atomic mass is 10.1. The van der Waals surface area contributed by atoms with Gasteiger partial charge in [0.15, 0.2) is 0 Å². The average Bonchev–Trinajstić information content (AvgIpc) is 2.79. The molecule has 1 unspecified atom stereocenters. The molecule has 1 heterocycles. The van der Waals surface area contributed by atoms with Crippen molar-refractivity contribution in [1.29, 1.82) is 0 Å². The van der Waals surface area contributed by atoms with E-state index in [1.807, 2.05) is 13.8 Å². The fourth-order valence-corrected chi connectivity index (χ4v) is 2.75. The van der Waals surface area contributed by atoms with Crippen molar-refractivity contribution in [2.24, 2.45) is 0 Å². The van der Waals surface area contributed by atoms with Gasteiger partial charge in [0.05, 0.1) is 11.1 Å². The number of benzene rings is 1. The molecule has 6 heteroatoms. The summed E-state index contributed by atoms with van der Waals surface area (Å²) in [6.45, 7) is 6.95. The van der Waals surface area contributed by atoms with E-state index in [1.165, 1.54) is 0 Å². The number of hydrogen-bond acceptors (Lipinski definition) is 3. The Balaban J connectivity index is 2.09. The van der Waals surface area contributed by atoms with E-state index >= 15 is 0 Å². The third-order valence-corrected chi connectivity index (χ3v) is 3.82. The van der Waals surface area contributed by atoms with Crippen LogP contribution in [0.25, 0.3) is 0 Å². The van der Waals surface area contributed by atoms with Crippen LogP contribution in [0.4, 0.5) is 4.79 Å². The van der Waals surface area contributed by atoms with Gasteiger partial charge >= 0.3 is 6.03 Å². The smallest absolute Gasteiger partial charge is 0.319 e. The van der Waals surface area contributed by atoms with Crippen LogP contribution >= 0.6 is 0 Å². The van der Waals surface area contributed by atoms with Crippen LogP contribution < -0.4 is 5.32 Å². The lowest BCUT2D eigenvalue weighted by Crippen LogP contribution is -2.53. The molecule has 0 fully saturated rings. The van der Waals surface area contributed by atoms with Crippen LogP contribution in [0.2, 0.25) is 0 Å². The van der Waals surface area contributed by atoms with E-state index in [0.717, 1.165) is 17.7 Å². The predicted octanol–water partition coefficient (Wildman–Crippen LogP) is 2.46. The van der Waals surface area contributed by atoms with E-state index in [9.17, 15) is 14.4 Å². The summed E-state index contributed by atoms with van der Waals surface area (Å²) in [5.41, 5.74) is 0.773. The molecule has 0 saturated carbocycles. The molecule has 1 aliphatic rings. The maximum Gasteiger partial charge on any atom is 0.319 e. The van der Waals surface area contributed by atoms with Gasteiger partial charge in [-0.25, -0.2) is 4.79 Å². The fraction of sp³-hybridized carbons (Fsp3) is 0.471. The highest BCUT2D eigenvalue weighted by Crippen LogP contribution is 2.23. The second-order valence-corrected chi connectivity index (χ2v) is 5.64. The molecule has 1 N–H and O–H groups in total. The minimum atomic E-state index is -0.689. The number of hydrogen-bond donors (Lipinski definition) is 1. The second-order valence-electron chi connectivity index (χ2n) is 5.64. The minimum Gasteiger partial charge on any atom is -0.325 e. The van der Waals surface area contributed by atoms with Gasteiger partial charge in [-0.3, -0.25) is 14.5 Å². The number of carbonyl (C=O) groups excluding carboxylic acids is 3. The zero-order chi connectivity index (χ0) is 17.0. The van der Waals surface area contributed by atoms with Gasteiger partial charge in [-0.15, -0.1) is 0 Å². The number of urea groups is 1. The molecule has 23 heavy (non-hydrogen) atoms. The van der Waals surface area contributed by atoms with Crippen molar-refractivity contribution in [2.45, 2.75) is 39.8 Å². The second kappa shape index (κ2) is 7.26. The molecule has 2 rings (SSSR count). The number of nitrogens with zero attached hydrogens (tertiary/aromatic N) is 2. The quantitative estimate of drug-likeness (QED) is 0.819. The van der Waals surface area contributed by atoms with Crippen LogP contribution in [0.3, 0.4) is 0 Å². The Morgan fingerprint density at radius 1 is 1.09 bits per heavy atom. The summed E-state index contributed by atoms with van der Waals surface area (Å²) in [5.74, 6) is -0.730. The molecule has 0 spiro atoms. The van der Waals surface area contributed by atoms with Crippen molar-refractivity contribution in [3.05, 3.63) is 35.4 Å². The topological polar surface area (TPSA) is 69.7 Å². The molecule has 1 atom stereocenters. The molecule has 0 aliphatic carbocycles. The molecule has 4 amide bonds. The Morgan fingerprint density at radius 3 is 2.00 bits per heavy atom. The molecule has 6 nitrogen and oxygen atoms in total. The molecule has 1 aromatic rings. The summed E-state index contributed by atoms with van der Waals surface area (Å²) in [6.07, 6.45) is 1.02. The zero-order valence-corrected chi connectivity index (χ0v) is 13.8. The molecule has 124 valence electrons. The minimum absolute atomic E-state index is 0.252. The highest BCUT2D eigenvalue weighted by Gasteiger charge is 2.38. The SMILES string of the molecule is CCCN(CCC)C(=O)NC(C)N1C(=O)c2ccccc2C1=O. The summed E-state index contributed by atoms with van der Waals surface area (Å²) in [6, 6.07) is 6.45. The van der Waals surface area contributed by atoms with Crippen molar-refractivity contribution in [3.8, 4) is 0 Å². The van der Waals surface area contributed by atoms with E-state index in [0.29, 0.717) is 24.2 Å². The number of fused-ring (bicyclic) bond motifs is 1. The lowest BCUT2D eigenvalue weighted by Gasteiger charge is -2.28. The number of rotatable bonds is 6. The molecule has 1 aliphatic heterocycles. The van der Waals surface area contributed by atoms with E-state index in [1.54, 1.807) is 36.1 Å². The van der Waals surface area contributed by atoms with Crippen molar-refractivity contribution >= 4 is 17.8 Å². The maximum atomic E-state index is 12.4. The molecule has 0 aromatic heterocycles. The van der Waals surface area contributed by atoms with Gasteiger partial charge in [0, 0.05) is 13.1 Å². The van der Waals surface area contributed by atoms with Crippen LogP contribution in [-0.4, -0.2) is 46.9 Å². The highest BCUT2D eigenvalue weighted by molar-refractivity contribution is 6.21. The van der Waals surface area contributed by atoms with Crippen LogP contribution in [0.5, 0.6) is 0 Å². The Labute approximate surface area is 136 Å². The summed E-state index contributed by atoms with van der Waals surface area (Å²) in [5, 5.41) is 2.76. The standard InChI is InChI=1S/C17H23N3O3/c1-4-10-19(11-5-2)17(23)18-12(3)20-15(21)13-8-6-7-9-14(13)16(20)22/h6-9,12H,4-5,10-11H2,1-3H3,(H,18,23). The first kappa shape index (κ1) is 17.0. The first-order valence-electron chi connectivity index (χ1n) is 8.03. The van der Waals surface area contributed by atoms with Gasteiger partial charge in [0.2, 0.25) is 0 Å². The molecule has 0 saturated heterocycles. The van der Waals surface area contributed by atoms with E-state index in [2.05, 4.69) is 5.32 Å². The first-order chi connectivity index (χ1) is 11.0. The van der Waals surface area contributed by atoms with Crippen LogP contribution in [0.1, 0.15) is 54.3 Å². The van der Waals surface area contributed by atoms with Gasteiger partial charge in [-0.1, -0.05) is 26.0 Å². The van der Waals surface area contributed by atoms with Crippen molar-refractivity contribution in [2.75, 3.05) is 13.1 Å². The van der Waals surface area contributed by atoms with E-state index in [4.69, 9.17) is 0 Å². The van der Waals surface area contributed by atoms with Crippen LogP contribution in [0, 0.1) is 0 Å². The number of carbonyl (C=O) groups is 3. The van der Waals surface area contributed by atoms with Gasteiger partial charge in [0.25, 0.3) is 11.8 Å². The molecular formula is C17H23N3O3. The van der Waals surface area contributed by atoms with Gasteiger partial charge < -0.3 is 10.2 Å². The Bertz CT molecular complexity index is 574. The van der Waals surface area contributed by atoms with Crippen molar-refractivity contribution in [1.82, 2.24) is 15.1 Å². The first-order valence-corrected chi connectivity index (χ1v) is 8.03. The third kappa shape index (κ3) is 3.36. The Morgan fingerprint density at radius 2 is 1.57 bits per heavy atom. The number of amides is 4. The fourth-order valence-electron chi connectivity index (χ4n) is 2.75. The maximum absolute atomic E-state index is 12.4. The Hall–Kier alpha value is -2.37. The molecule has 0 radical (unpaired) electrons. The largest absolute Gasteiger partial charge is 0.325 e. The summed E-state index contributed by atoms with van der Waals surface area (Å²) in [7, 11) is 0. The molecule has 1 aromatic carbocycles. The average molecular weight is 317 g/mol. The van der Waals surface area contributed by atoms with E-state index in [-0.39, 0.29) is 17.8 Å². The normalized spacial score (nSPS) is 14.7.